The molecular weight excluding hydrogens is 412 g/mol. The molecule has 5 rings (SSSR count). The number of quaternary nitrogens is 1. The molecule has 0 N–H and O–H groups in total. The number of amides is 2. The monoisotopic (exact) mass is 445 g/mol. The Morgan fingerprint density at radius 1 is 1.09 bits per heavy atom. The van der Waals surface area contributed by atoms with Crippen molar-refractivity contribution < 1.29 is 14.1 Å². The molecule has 0 radical (unpaired) electrons. The summed E-state index contributed by atoms with van der Waals surface area (Å²) < 4.78 is 3.03. The van der Waals surface area contributed by atoms with Crippen molar-refractivity contribution in [3.8, 4) is 0 Å². The zero-order valence-electron chi connectivity index (χ0n) is 19.9. The van der Waals surface area contributed by atoms with Gasteiger partial charge in [0.25, 0.3) is 5.91 Å². The number of carbonyl (C=O) groups is 2. The molecule has 172 valence electrons. The molecule has 3 heterocycles. The maximum Gasteiger partial charge on any atom is 0.282 e. The molecule has 6 nitrogen and oxygen atoms in total. The summed E-state index contributed by atoms with van der Waals surface area (Å²) in [5, 5.41) is 1.19. The van der Waals surface area contributed by atoms with Crippen LogP contribution in [0.15, 0.2) is 48.5 Å². The van der Waals surface area contributed by atoms with Gasteiger partial charge in [-0.3, -0.25) is 9.59 Å². The highest BCUT2D eigenvalue weighted by Gasteiger charge is 2.35. The van der Waals surface area contributed by atoms with Gasteiger partial charge in [-0.25, -0.2) is 0 Å². The van der Waals surface area contributed by atoms with Gasteiger partial charge in [0.05, 0.1) is 32.2 Å². The van der Waals surface area contributed by atoms with Crippen molar-refractivity contribution in [1.29, 1.82) is 0 Å². The van der Waals surface area contributed by atoms with E-state index in [1.807, 2.05) is 15.9 Å². The number of rotatable bonds is 4. The third-order valence-electron chi connectivity index (χ3n) is 7.61. The first-order valence-electron chi connectivity index (χ1n) is 11.9. The minimum atomic E-state index is 0.127. The molecule has 2 aliphatic heterocycles. The van der Waals surface area contributed by atoms with Crippen molar-refractivity contribution >= 4 is 28.4 Å². The normalized spacial score (nSPS) is 20.9. The van der Waals surface area contributed by atoms with E-state index in [-0.39, 0.29) is 11.8 Å². The van der Waals surface area contributed by atoms with Gasteiger partial charge in [0.15, 0.2) is 6.54 Å². The number of fused-ring (bicyclic) bond motifs is 3. The standard InChI is InChI=1S/C27H33N4O2/c1-20(32)29-13-11-25-24(18-29)23-10-9-22(17-26(23)28(25)2)30-14-16-31(3,19-27(30)33)15-12-21-7-5-4-6-8-21/h4-10,17H,11-16,18-19H2,1-3H3/q+1. The van der Waals surface area contributed by atoms with E-state index < -0.39 is 0 Å². The van der Waals surface area contributed by atoms with Gasteiger partial charge in [-0.15, -0.1) is 0 Å². The van der Waals surface area contributed by atoms with E-state index in [1.165, 1.54) is 22.2 Å². The second-order valence-corrected chi connectivity index (χ2v) is 9.88. The maximum absolute atomic E-state index is 13.2. The van der Waals surface area contributed by atoms with E-state index >= 15 is 0 Å². The molecule has 0 bridgehead atoms. The van der Waals surface area contributed by atoms with Crippen LogP contribution < -0.4 is 4.90 Å². The molecule has 1 saturated heterocycles. The van der Waals surface area contributed by atoms with Gasteiger partial charge < -0.3 is 18.8 Å². The fourth-order valence-corrected chi connectivity index (χ4v) is 5.46. The molecule has 1 fully saturated rings. The van der Waals surface area contributed by atoms with Crippen LogP contribution in [0.3, 0.4) is 0 Å². The van der Waals surface area contributed by atoms with Gasteiger partial charge in [-0.1, -0.05) is 36.4 Å². The van der Waals surface area contributed by atoms with Gasteiger partial charge in [0, 0.05) is 62.2 Å². The van der Waals surface area contributed by atoms with Gasteiger partial charge >= 0.3 is 0 Å². The molecule has 3 aromatic rings. The van der Waals surface area contributed by atoms with Crippen LogP contribution in [-0.4, -0.2) is 65.5 Å². The summed E-state index contributed by atoms with van der Waals surface area (Å²) in [6.07, 6.45) is 1.86. The fraction of sp³-hybridized carbons (Fsp3) is 0.407. The predicted molar refractivity (Wildman–Crippen MR) is 131 cm³/mol. The molecule has 6 heteroatoms. The Morgan fingerprint density at radius 3 is 2.61 bits per heavy atom. The largest absolute Gasteiger partial charge is 0.347 e. The molecular formula is C27H33N4O2+. The Morgan fingerprint density at radius 2 is 1.88 bits per heavy atom. The quantitative estimate of drug-likeness (QED) is 0.580. The van der Waals surface area contributed by atoms with Crippen LogP contribution in [0.5, 0.6) is 0 Å². The highest BCUT2D eigenvalue weighted by Crippen LogP contribution is 2.33. The summed E-state index contributed by atoms with van der Waals surface area (Å²) >= 11 is 0. The highest BCUT2D eigenvalue weighted by atomic mass is 16.2. The van der Waals surface area contributed by atoms with Crippen LogP contribution in [0.1, 0.15) is 23.7 Å². The predicted octanol–water partition coefficient (Wildman–Crippen LogP) is 3.12. The third kappa shape index (κ3) is 4.04. The summed E-state index contributed by atoms with van der Waals surface area (Å²) in [4.78, 5) is 29.0. The van der Waals surface area contributed by atoms with E-state index in [0.717, 1.165) is 54.7 Å². The van der Waals surface area contributed by atoms with Crippen molar-refractivity contribution in [3.05, 3.63) is 65.4 Å². The second kappa shape index (κ2) is 8.34. The lowest BCUT2D eigenvalue weighted by molar-refractivity contribution is -0.902. The molecule has 0 saturated carbocycles. The number of hydrogen-bond donors (Lipinski definition) is 0. The molecule has 2 aromatic carbocycles. The summed E-state index contributed by atoms with van der Waals surface area (Å²) in [5.74, 6) is 0.319. The number of carbonyl (C=O) groups excluding carboxylic acids is 2. The molecule has 0 aliphatic carbocycles. The van der Waals surface area contributed by atoms with Crippen LogP contribution in [-0.2, 0) is 36.0 Å². The average molecular weight is 446 g/mol. The number of likely N-dealkylation sites (N-methyl/N-ethyl adjacent to an activating group) is 1. The summed E-state index contributed by atoms with van der Waals surface area (Å²) in [7, 11) is 4.30. The highest BCUT2D eigenvalue weighted by molar-refractivity contribution is 5.98. The Labute approximate surface area is 195 Å². The number of piperazine rings is 1. The molecule has 1 unspecified atom stereocenters. The lowest BCUT2D eigenvalue weighted by Gasteiger charge is -2.41. The third-order valence-corrected chi connectivity index (χ3v) is 7.61. The van der Waals surface area contributed by atoms with Crippen LogP contribution in [0.4, 0.5) is 5.69 Å². The summed E-state index contributed by atoms with van der Waals surface area (Å²) in [6.45, 7) is 6.26. The molecule has 1 atom stereocenters. The van der Waals surface area contributed by atoms with E-state index in [9.17, 15) is 9.59 Å². The molecule has 1 aromatic heterocycles. The van der Waals surface area contributed by atoms with Gasteiger partial charge in [0.2, 0.25) is 5.91 Å². The molecule has 0 spiro atoms. The van der Waals surface area contributed by atoms with Crippen LogP contribution >= 0.6 is 0 Å². The molecule has 2 aliphatic rings. The smallest absolute Gasteiger partial charge is 0.282 e. The summed E-state index contributed by atoms with van der Waals surface area (Å²) in [5.41, 5.74) is 5.99. The van der Waals surface area contributed by atoms with E-state index in [2.05, 4.69) is 61.1 Å². The van der Waals surface area contributed by atoms with E-state index in [1.54, 1.807) is 6.92 Å². The summed E-state index contributed by atoms with van der Waals surface area (Å²) in [6, 6.07) is 16.9. The minimum Gasteiger partial charge on any atom is -0.347 e. The number of hydrogen-bond acceptors (Lipinski definition) is 2. The number of aryl methyl sites for hydroxylation is 1. The number of anilines is 1. The topological polar surface area (TPSA) is 45.6 Å². The number of benzene rings is 2. The van der Waals surface area contributed by atoms with Crippen molar-refractivity contribution in [2.24, 2.45) is 7.05 Å². The van der Waals surface area contributed by atoms with Crippen molar-refractivity contribution in [2.45, 2.75) is 26.3 Å². The lowest BCUT2D eigenvalue weighted by atomic mass is 10.0. The Hall–Kier alpha value is -3.12. The Bertz CT molecular complexity index is 1220. The fourth-order valence-electron chi connectivity index (χ4n) is 5.46. The van der Waals surface area contributed by atoms with Crippen molar-refractivity contribution in [1.82, 2.24) is 9.47 Å². The Kier molecular flexibility index (Phi) is 5.49. The zero-order valence-corrected chi connectivity index (χ0v) is 19.9. The van der Waals surface area contributed by atoms with Crippen molar-refractivity contribution in [3.63, 3.8) is 0 Å². The SMILES string of the molecule is CC(=O)N1CCc2c(c3ccc(N4CC[N+](C)(CCc5ccccc5)CC4=O)cc3n2C)C1. The average Bonchev–Trinajstić information content (AvgIpc) is 3.09. The Balaban J connectivity index is 1.34. The number of aromatic nitrogens is 1. The van der Waals surface area contributed by atoms with Crippen molar-refractivity contribution in [2.75, 3.05) is 44.7 Å². The molecule has 2 amide bonds. The minimum absolute atomic E-state index is 0.127. The maximum atomic E-state index is 13.2. The first-order valence-corrected chi connectivity index (χ1v) is 11.9. The van der Waals surface area contributed by atoms with Crippen LogP contribution in [0.2, 0.25) is 0 Å². The van der Waals surface area contributed by atoms with Gasteiger partial charge in [-0.05, 0) is 17.7 Å². The van der Waals surface area contributed by atoms with Crippen LogP contribution in [0, 0.1) is 0 Å². The second-order valence-electron chi connectivity index (χ2n) is 9.88. The van der Waals surface area contributed by atoms with E-state index in [4.69, 9.17) is 0 Å². The number of nitrogens with zero attached hydrogens (tertiary/aromatic N) is 4. The van der Waals surface area contributed by atoms with E-state index in [0.29, 0.717) is 13.1 Å². The lowest BCUT2D eigenvalue weighted by Crippen LogP contribution is -2.60. The van der Waals surface area contributed by atoms with Gasteiger partial charge in [-0.2, -0.15) is 0 Å². The molecule has 33 heavy (non-hydrogen) atoms. The van der Waals surface area contributed by atoms with Crippen LogP contribution in [0.25, 0.3) is 10.9 Å². The zero-order chi connectivity index (χ0) is 23.2. The first kappa shape index (κ1) is 21.7. The first-order chi connectivity index (χ1) is 15.8. The van der Waals surface area contributed by atoms with Gasteiger partial charge in [0.1, 0.15) is 0 Å².